The molecule has 0 bridgehead atoms. The molecular formula is C15H18F3N3O3. The second kappa shape index (κ2) is 7.41. The van der Waals surface area contributed by atoms with Crippen molar-refractivity contribution in [3.05, 3.63) is 23.8 Å². The quantitative estimate of drug-likeness (QED) is 0.784. The first-order chi connectivity index (χ1) is 11.2. The van der Waals surface area contributed by atoms with Crippen molar-refractivity contribution in [1.82, 2.24) is 10.6 Å². The molecule has 0 radical (unpaired) electrons. The number of hydrogen-bond donors (Lipinski definition) is 3. The van der Waals surface area contributed by atoms with Crippen LogP contribution in [0.1, 0.15) is 18.4 Å². The summed E-state index contributed by atoms with van der Waals surface area (Å²) < 4.78 is 41.2. The van der Waals surface area contributed by atoms with Crippen molar-refractivity contribution in [2.24, 2.45) is 0 Å². The maximum absolute atomic E-state index is 12.2. The molecule has 0 aliphatic carbocycles. The molecule has 2 rings (SSSR count). The summed E-state index contributed by atoms with van der Waals surface area (Å²) in [5, 5.41) is 7.98. The summed E-state index contributed by atoms with van der Waals surface area (Å²) in [6, 6.07) is 3.75. The van der Waals surface area contributed by atoms with Gasteiger partial charge < -0.3 is 20.7 Å². The van der Waals surface area contributed by atoms with Gasteiger partial charge in [0.15, 0.2) is 6.61 Å². The van der Waals surface area contributed by atoms with Gasteiger partial charge in [0.25, 0.3) is 0 Å². The molecule has 9 heteroatoms. The zero-order valence-corrected chi connectivity index (χ0v) is 13.0. The fourth-order valence-corrected chi connectivity index (χ4v) is 2.26. The normalized spacial score (nSPS) is 17.8. The maximum atomic E-state index is 12.2. The Morgan fingerprint density at radius 2 is 2.17 bits per heavy atom. The van der Waals surface area contributed by atoms with E-state index in [2.05, 4.69) is 16.0 Å². The first kappa shape index (κ1) is 17.9. The molecular weight excluding hydrogens is 327 g/mol. The summed E-state index contributed by atoms with van der Waals surface area (Å²) in [4.78, 5) is 22.9. The van der Waals surface area contributed by atoms with Gasteiger partial charge in [-0.3, -0.25) is 4.79 Å². The molecule has 1 aliphatic heterocycles. The highest BCUT2D eigenvalue weighted by Gasteiger charge is 2.28. The Bertz CT molecular complexity index is 610. The molecule has 3 amide bonds. The number of benzene rings is 1. The van der Waals surface area contributed by atoms with Crippen molar-refractivity contribution < 1.29 is 27.5 Å². The maximum Gasteiger partial charge on any atom is 0.422 e. The Morgan fingerprint density at radius 1 is 1.42 bits per heavy atom. The van der Waals surface area contributed by atoms with Crippen LogP contribution in [0.2, 0.25) is 0 Å². The highest BCUT2D eigenvalue weighted by Crippen LogP contribution is 2.24. The number of urea groups is 1. The average molecular weight is 345 g/mol. The molecule has 24 heavy (non-hydrogen) atoms. The van der Waals surface area contributed by atoms with E-state index in [-0.39, 0.29) is 17.7 Å². The lowest BCUT2D eigenvalue weighted by Crippen LogP contribution is -2.48. The van der Waals surface area contributed by atoms with Gasteiger partial charge >= 0.3 is 12.2 Å². The summed E-state index contributed by atoms with van der Waals surface area (Å²) in [7, 11) is 0. The molecule has 1 aromatic rings. The van der Waals surface area contributed by atoms with Crippen LogP contribution in [0.4, 0.5) is 23.7 Å². The van der Waals surface area contributed by atoms with Gasteiger partial charge in [-0.2, -0.15) is 13.2 Å². The number of carbonyl (C=O) groups excluding carboxylic acids is 2. The molecule has 0 unspecified atom stereocenters. The van der Waals surface area contributed by atoms with Crippen LogP contribution in [0.15, 0.2) is 18.2 Å². The molecule has 6 nitrogen and oxygen atoms in total. The Labute approximate surface area is 136 Å². The van der Waals surface area contributed by atoms with E-state index in [1.54, 1.807) is 6.92 Å². The van der Waals surface area contributed by atoms with E-state index in [1.807, 2.05) is 0 Å². The Hall–Kier alpha value is -2.45. The second-order valence-electron chi connectivity index (χ2n) is 5.52. The molecule has 0 aromatic heterocycles. The Kier molecular flexibility index (Phi) is 5.53. The molecule has 1 fully saturated rings. The topological polar surface area (TPSA) is 79.5 Å². The molecule has 3 N–H and O–H groups in total. The summed E-state index contributed by atoms with van der Waals surface area (Å²) in [5.74, 6) is 0.0619. The summed E-state index contributed by atoms with van der Waals surface area (Å²) in [6.45, 7) is 0.593. The van der Waals surface area contributed by atoms with Gasteiger partial charge in [0.2, 0.25) is 5.91 Å². The summed E-state index contributed by atoms with van der Waals surface area (Å²) in [5.41, 5.74) is 0.909. The molecule has 1 atom stereocenters. The van der Waals surface area contributed by atoms with E-state index in [0.717, 1.165) is 0 Å². The van der Waals surface area contributed by atoms with Gasteiger partial charge in [0, 0.05) is 24.7 Å². The lowest BCUT2D eigenvalue weighted by atomic mass is 10.1. The van der Waals surface area contributed by atoms with Gasteiger partial charge in [0.1, 0.15) is 5.75 Å². The van der Waals surface area contributed by atoms with Crippen molar-refractivity contribution in [3.63, 3.8) is 0 Å². The molecule has 0 saturated carbocycles. The number of hydrogen-bond acceptors (Lipinski definition) is 3. The lowest BCUT2D eigenvalue weighted by Gasteiger charge is -2.23. The highest BCUT2D eigenvalue weighted by atomic mass is 19.4. The number of nitrogens with one attached hydrogen (secondary N) is 3. The van der Waals surface area contributed by atoms with Crippen LogP contribution in [0.3, 0.4) is 0 Å². The van der Waals surface area contributed by atoms with Gasteiger partial charge in [0.05, 0.1) is 0 Å². The van der Waals surface area contributed by atoms with E-state index in [4.69, 9.17) is 4.74 Å². The number of amides is 3. The second-order valence-corrected chi connectivity index (χ2v) is 5.52. The SMILES string of the molecule is Cc1cc(NC(=O)N[C@@H]2CCC(=O)NC2)ccc1OCC(F)(F)F. The first-order valence-corrected chi connectivity index (χ1v) is 7.37. The largest absolute Gasteiger partial charge is 0.484 e. The van der Waals surface area contributed by atoms with Crippen LogP contribution in [-0.4, -0.2) is 37.3 Å². The van der Waals surface area contributed by atoms with Crippen LogP contribution in [0, 0.1) is 6.92 Å². The number of aryl methyl sites for hydroxylation is 1. The third-order valence-electron chi connectivity index (χ3n) is 3.42. The van der Waals surface area contributed by atoms with Gasteiger partial charge in [-0.15, -0.1) is 0 Å². The van der Waals surface area contributed by atoms with Crippen molar-refractivity contribution in [1.29, 1.82) is 0 Å². The Balaban J connectivity index is 1.87. The van der Waals surface area contributed by atoms with Crippen LogP contribution in [0.25, 0.3) is 0 Å². The predicted molar refractivity (Wildman–Crippen MR) is 80.9 cm³/mol. The summed E-state index contributed by atoms with van der Waals surface area (Å²) in [6.07, 6.45) is -3.49. The van der Waals surface area contributed by atoms with Crippen molar-refractivity contribution in [3.8, 4) is 5.75 Å². The van der Waals surface area contributed by atoms with Crippen LogP contribution in [-0.2, 0) is 4.79 Å². The fourth-order valence-electron chi connectivity index (χ4n) is 2.26. The van der Waals surface area contributed by atoms with E-state index in [0.29, 0.717) is 30.6 Å². The van der Waals surface area contributed by atoms with Crippen LogP contribution >= 0.6 is 0 Å². The number of ether oxygens (including phenoxy) is 1. The zero-order valence-electron chi connectivity index (χ0n) is 13.0. The van der Waals surface area contributed by atoms with Crippen molar-refractivity contribution in [2.75, 3.05) is 18.5 Å². The minimum atomic E-state index is -4.40. The average Bonchev–Trinajstić information content (AvgIpc) is 2.48. The lowest BCUT2D eigenvalue weighted by molar-refractivity contribution is -0.153. The van der Waals surface area contributed by atoms with Crippen LogP contribution in [0.5, 0.6) is 5.75 Å². The third kappa shape index (κ3) is 5.64. The predicted octanol–water partition coefficient (Wildman–Crippen LogP) is 2.34. The smallest absolute Gasteiger partial charge is 0.422 e. The molecule has 1 aromatic carbocycles. The standard InChI is InChI=1S/C15H18F3N3O3/c1-9-6-10(2-4-12(9)24-8-15(16,17)18)20-14(23)21-11-3-5-13(22)19-7-11/h2,4,6,11H,3,5,7-8H2,1H3,(H,19,22)(H2,20,21,23)/t11-/m1/s1. The number of rotatable bonds is 4. The number of anilines is 1. The van der Waals surface area contributed by atoms with Gasteiger partial charge in [-0.25, -0.2) is 4.79 Å². The highest BCUT2D eigenvalue weighted by molar-refractivity contribution is 5.90. The first-order valence-electron chi connectivity index (χ1n) is 7.37. The van der Waals surface area contributed by atoms with E-state index in [1.165, 1.54) is 18.2 Å². The molecule has 1 saturated heterocycles. The van der Waals surface area contributed by atoms with E-state index < -0.39 is 18.8 Å². The minimum Gasteiger partial charge on any atom is -0.484 e. The van der Waals surface area contributed by atoms with Gasteiger partial charge in [-0.05, 0) is 37.1 Å². The fraction of sp³-hybridized carbons (Fsp3) is 0.467. The number of carbonyl (C=O) groups is 2. The van der Waals surface area contributed by atoms with E-state index in [9.17, 15) is 22.8 Å². The summed E-state index contributed by atoms with van der Waals surface area (Å²) >= 11 is 0. The Morgan fingerprint density at radius 3 is 2.75 bits per heavy atom. The van der Waals surface area contributed by atoms with Crippen molar-refractivity contribution in [2.45, 2.75) is 32.0 Å². The molecule has 132 valence electrons. The molecule has 0 spiro atoms. The zero-order chi connectivity index (χ0) is 17.7. The molecule has 1 aliphatic rings. The van der Waals surface area contributed by atoms with E-state index >= 15 is 0 Å². The van der Waals surface area contributed by atoms with Crippen LogP contribution < -0.4 is 20.7 Å². The number of halogens is 3. The third-order valence-corrected chi connectivity index (χ3v) is 3.42. The van der Waals surface area contributed by atoms with Gasteiger partial charge in [-0.1, -0.05) is 0 Å². The monoisotopic (exact) mass is 345 g/mol. The number of alkyl halides is 3. The van der Waals surface area contributed by atoms with Crippen molar-refractivity contribution >= 4 is 17.6 Å². The molecule has 1 heterocycles. The number of piperidine rings is 1. The minimum absolute atomic E-state index is 0.0430.